The van der Waals surface area contributed by atoms with E-state index >= 15 is 0 Å². The van der Waals surface area contributed by atoms with Crippen molar-refractivity contribution in [2.75, 3.05) is 23.3 Å². The van der Waals surface area contributed by atoms with Gasteiger partial charge in [-0.15, -0.1) is 0 Å². The van der Waals surface area contributed by atoms with Crippen LogP contribution in [0.2, 0.25) is 5.02 Å². The topological polar surface area (TPSA) is 69.0 Å². The fourth-order valence-electron chi connectivity index (χ4n) is 3.09. The van der Waals surface area contributed by atoms with Crippen molar-refractivity contribution in [3.8, 4) is 6.07 Å². The van der Waals surface area contributed by atoms with Crippen molar-refractivity contribution < 1.29 is 19.3 Å². The van der Waals surface area contributed by atoms with Crippen LogP contribution in [-0.2, 0) is 0 Å². The molecule has 1 aromatic heterocycles. The van der Waals surface area contributed by atoms with Gasteiger partial charge >= 0.3 is 0 Å². The first-order valence-electron chi connectivity index (χ1n) is 9.57. The quantitative estimate of drug-likeness (QED) is 0.759. The molecule has 0 bridgehead atoms. The van der Waals surface area contributed by atoms with E-state index in [1.165, 1.54) is 18.2 Å². The van der Waals surface area contributed by atoms with Gasteiger partial charge in [-0.2, -0.15) is 5.26 Å². The first kappa shape index (κ1) is 19.5. The number of pyridine rings is 1. The Morgan fingerprint density at radius 1 is 1.38 bits per heavy atom. The van der Waals surface area contributed by atoms with Crippen molar-refractivity contribution in [1.29, 1.82) is 5.26 Å². The van der Waals surface area contributed by atoms with Crippen LogP contribution >= 0.6 is 11.6 Å². The number of benzene rings is 1. The molecule has 1 N–H and O–H groups in total. The molecule has 0 saturated carbocycles. The van der Waals surface area contributed by atoms with Crippen molar-refractivity contribution in [2.45, 2.75) is 32.1 Å². The molecule has 0 unspecified atom stereocenters. The average molecular weight is 424 g/mol. The molecule has 3 rings (SSSR count). The molecule has 5 nitrogen and oxygen atoms in total. The van der Waals surface area contributed by atoms with Gasteiger partial charge in [0.2, 0.25) is 5.92 Å². The van der Waals surface area contributed by atoms with Crippen LogP contribution < -0.4 is 10.2 Å². The Kier molecular flexibility index (Phi) is 5.58. The number of hydrogen-bond acceptors (Lipinski definition) is 4. The standard InChI is InChI=1S/C20H18ClF3N4O/c1-12-16(21)10-15(18(26-12)28-7-2-5-20(23,24)6-8-28)19(29)27-14-3-4-17(22)13(9-14)11-25/h3-4,9-10H,2,5-8H2,1H3,(H,27,29)/i1D. The molecule has 1 fully saturated rings. The lowest BCUT2D eigenvalue weighted by molar-refractivity contribution is -0.0102. The first-order chi connectivity index (χ1) is 14.2. The smallest absolute Gasteiger partial charge is 0.259 e. The predicted molar refractivity (Wildman–Crippen MR) is 104 cm³/mol. The SMILES string of the molecule is [2H]Cc1nc(N2CCCC(F)(F)CC2)c(C(=O)Nc2ccc(F)c(C#N)c2)cc1Cl. The zero-order valence-electron chi connectivity index (χ0n) is 16.3. The summed E-state index contributed by atoms with van der Waals surface area (Å²) in [6, 6.07) is 6.58. The molecule has 152 valence electrons. The van der Waals surface area contributed by atoms with Crippen LogP contribution in [0, 0.1) is 24.0 Å². The van der Waals surface area contributed by atoms with Crippen LogP contribution in [0.15, 0.2) is 24.3 Å². The molecule has 1 saturated heterocycles. The number of nitriles is 1. The van der Waals surface area contributed by atoms with Gasteiger partial charge in [-0.05, 0) is 37.6 Å². The van der Waals surface area contributed by atoms with E-state index in [1.54, 1.807) is 11.0 Å². The third-order valence-corrected chi connectivity index (χ3v) is 4.96. The summed E-state index contributed by atoms with van der Waals surface area (Å²) in [5.41, 5.74) is 0.230. The predicted octanol–water partition coefficient (Wildman–Crippen LogP) is 4.93. The normalized spacial score (nSPS) is 16.5. The number of amides is 1. The lowest BCUT2D eigenvalue weighted by Crippen LogP contribution is -2.29. The van der Waals surface area contributed by atoms with E-state index in [1.807, 2.05) is 0 Å². The maximum atomic E-state index is 13.8. The molecule has 29 heavy (non-hydrogen) atoms. The number of alkyl halides is 2. The Morgan fingerprint density at radius 3 is 2.90 bits per heavy atom. The van der Waals surface area contributed by atoms with Crippen molar-refractivity contribution in [1.82, 2.24) is 4.98 Å². The highest BCUT2D eigenvalue weighted by Gasteiger charge is 2.33. The largest absolute Gasteiger partial charge is 0.356 e. The van der Waals surface area contributed by atoms with Crippen molar-refractivity contribution in [3.05, 3.63) is 51.9 Å². The molecule has 1 aliphatic rings. The number of nitrogens with one attached hydrogen (secondary N) is 1. The summed E-state index contributed by atoms with van der Waals surface area (Å²) in [5, 5.41) is 11.6. The zero-order chi connectivity index (χ0) is 21.9. The van der Waals surface area contributed by atoms with Crippen LogP contribution in [0.25, 0.3) is 0 Å². The van der Waals surface area contributed by atoms with E-state index in [-0.39, 0.29) is 72.6 Å². The molecule has 0 atom stereocenters. The Hall–Kier alpha value is -2.79. The number of rotatable bonds is 3. The highest BCUT2D eigenvalue weighted by molar-refractivity contribution is 6.31. The summed E-state index contributed by atoms with van der Waals surface area (Å²) >= 11 is 6.14. The van der Waals surface area contributed by atoms with Gasteiger partial charge in [0.05, 0.1) is 21.8 Å². The van der Waals surface area contributed by atoms with E-state index < -0.39 is 17.6 Å². The monoisotopic (exact) mass is 423 g/mol. The molecule has 1 aromatic carbocycles. The third-order valence-electron chi connectivity index (χ3n) is 4.64. The molecule has 9 heteroatoms. The Morgan fingerprint density at radius 2 is 2.17 bits per heavy atom. The van der Waals surface area contributed by atoms with Gasteiger partial charge in [-0.25, -0.2) is 18.2 Å². The molecule has 2 heterocycles. The summed E-state index contributed by atoms with van der Waals surface area (Å²) in [7, 11) is 0. The second-order valence-corrected chi connectivity index (χ2v) is 7.15. The van der Waals surface area contributed by atoms with Gasteiger partial charge < -0.3 is 10.2 Å². The second-order valence-electron chi connectivity index (χ2n) is 6.75. The highest BCUT2D eigenvalue weighted by atomic mass is 35.5. The van der Waals surface area contributed by atoms with E-state index in [0.717, 1.165) is 6.07 Å². The van der Waals surface area contributed by atoms with Crippen LogP contribution in [0.5, 0.6) is 0 Å². The zero-order valence-corrected chi connectivity index (χ0v) is 16.1. The van der Waals surface area contributed by atoms with Crippen molar-refractivity contribution in [3.63, 3.8) is 0 Å². The summed E-state index contributed by atoms with van der Waals surface area (Å²) in [5.74, 6) is -3.97. The number of carbonyl (C=O) groups is 1. The molecule has 1 aliphatic heterocycles. The molecule has 1 amide bonds. The number of halogens is 4. The maximum absolute atomic E-state index is 13.8. The van der Waals surface area contributed by atoms with Crippen molar-refractivity contribution in [2.24, 2.45) is 0 Å². The fourth-order valence-corrected chi connectivity index (χ4v) is 3.24. The molecule has 0 spiro atoms. The Labute approximate surface area is 172 Å². The van der Waals surface area contributed by atoms with Gasteiger partial charge in [0.1, 0.15) is 17.7 Å². The van der Waals surface area contributed by atoms with Gasteiger partial charge in [0.25, 0.3) is 5.91 Å². The highest BCUT2D eigenvalue weighted by Crippen LogP contribution is 2.32. The van der Waals surface area contributed by atoms with Crippen LogP contribution in [0.4, 0.5) is 24.7 Å². The Bertz CT molecular complexity index is 1010. The average Bonchev–Trinajstić information content (AvgIpc) is 2.89. The number of anilines is 2. The molecular formula is C20H18ClF3N4O. The second kappa shape index (κ2) is 8.29. The Balaban J connectivity index is 1.96. The van der Waals surface area contributed by atoms with Gasteiger partial charge in [0.15, 0.2) is 0 Å². The number of hydrogen-bond donors (Lipinski definition) is 1. The van der Waals surface area contributed by atoms with E-state index in [9.17, 15) is 18.0 Å². The lowest BCUT2D eigenvalue weighted by atomic mass is 10.1. The van der Waals surface area contributed by atoms with Crippen LogP contribution in [0.1, 0.15) is 42.2 Å². The maximum Gasteiger partial charge on any atom is 0.259 e. The number of nitrogens with zero attached hydrogens (tertiary/aromatic N) is 3. The minimum Gasteiger partial charge on any atom is -0.356 e. The summed E-state index contributed by atoms with van der Waals surface area (Å²) in [6.07, 6.45) is -0.410. The van der Waals surface area contributed by atoms with E-state index in [0.29, 0.717) is 0 Å². The minimum absolute atomic E-state index is 0.00548. The molecule has 2 aromatic rings. The fraction of sp³-hybridized carbons (Fsp3) is 0.350. The molecule has 0 radical (unpaired) electrons. The van der Waals surface area contributed by atoms with Gasteiger partial charge in [-0.3, -0.25) is 4.79 Å². The number of aromatic nitrogens is 1. The first-order valence-corrected chi connectivity index (χ1v) is 9.24. The number of carbonyl (C=O) groups excluding carboxylic acids is 1. The summed E-state index contributed by atoms with van der Waals surface area (Å²) in [4.78, 5) is 18.8. The lowest BCUT2D eigenvalue weighted by Gasteiger charge is -2.24. The van der Waals surface area contributed by atoms with E-state index in [2.05, 4.69) is 10.3 Å². The van der Waals surface area contributed by atoms with Gasteiger partial charge in [0, 0.05) is 33.0 Å². The number of aryl methyl sites for hydroxylation is 1. The molecule has 0 aliphatic carbocycles. The van der Waals surface area contributed by atoms with Crippen molar-refractivity contribution >= 4 is 29.0 Å². The summed E-state index contributed by atoms with van der Waals surface area (Å²) in [6.45, 7) is 0.0345. The third kappa shape index (κ3) is 4.80. The summed E-state index contributed by atoms with van der Waals surface area (Å²) < 4.78 is 48.7. The molecular weight excluding hydrogens is 405 g/mol. The minimum atomic E-state index is -2.79. The van der Waals surface area contributed by atoms with Crippen LogP contribution in [-0.4, -0.2) is 29.9 Å². The van der Waals surface area contributed by atoms with Crippen LogP contribution in [0.3, 0.4) is 0 Å². The van der Waals surface area contributed by atoms with Gasteiger partial charge in [-0.1, -0.05) is 11.6 Å². The van der Waals surface area contributed by atoms with E-state index in [4.69, 9.17) is 18.2 Å².